The first-order valence-corrected chi connectivity index (χ1v) is 7.12. The van der Waals surface area contributed by atoms with Gasteiger partial charge < -0.3 is 20.1 Å². The number of nitrogens with one attached hydrogen (secondary N) is 2. The van der Waals surface area contributed by atoms with Gasteiger partial charge in [0.05, 0.1) is 25.9 Å². The van der Waals surface area contributed by atoms with E-state index in [9.17, 15) is 4.79 Å². The molecule has 1 amide bonds. The maximum Gasteiger partial charge on any atom is 0.240 e. The number of ether oxygens (including phenoxy) is 2. The number of rotatable bonds is 4. The van der Waals surface area contributed by atoms with Gasteiger partial charge in [0.25, 0.3) is 0 Å². The zero-order valence-corrected chi connectivity index (χ0v) is 11.9. The number of carbonyl (C=O) groups is 1. The monoisotopic (exact) mass is 271 g/mol. The molecule has 6 nitrogen and oxygen atoms in total. The van der Waals surface area contributed by atoms with Crippen LogP contribution in [0.1, 0.15) is 13.8 Å². The predicted molar refractivity (Wildman–Crippen MR) is 72.1 cm³/mol. The van der Waals surface area contributed by atoms with E-state index in [4.69, 9.17) is 9.47 Å². The number of hydrogen-bond acceptors (Lipinski definition) is 5. The van der Waals surface area contributed by atoms with Crippen LogP contribution in [0.4, 0.5) is 0 Å². The second-order valence-corrected chi connectivity index (χ2v) is 5.33. The summed E-state index contributed by atoms with van der Waals surface area (Å²) in [6, 6.07) is -0.0950. The Kier molecular flexibility index (Phi) is 5.57. The Balaban J connectivity index is 1.74. The molecule has 0 aromatic rings. The van der Waals surface area contributed by atoms with E-state index >= 15 is 0 Å². The van der Waals surface area contributed by atoms with Crippen molar-refractivity contribution in [1.29, 1.82) is 0 Å². The molecule has 6 heteroatoms. The lowest BCUT2D eigenvalue weighted by atomic mass is 10.1. The number of amides is 1. The van der Waals surface area contributed by atoms with Crippen molar-refractivity contribution in [2.45, 2.75) is 32.0 Å². The molecule has 0 aromatic carbocycles. The SMILES string of the molecule is CC(CN1CCOCC1)NC(=O)[C@H]1NCCO[C@@H]1C. The molecule has 2 rings (SSSR count). The Morgan fingerprint density at radius 2 is 2.16 bits per heavy atom. The van der Waals surface area contributed by atoms with Crippen molar-refractivity contribution in [2.75, 3.05) is 46.0 Å². The molecule has 0 bridgehead atoms. The molecule has 3 atom stereocenters. The minimum absolute atomic E-state index is 0.0351. The third-order valence-electron chi connectivity index (χ3n) is 3.62. The Bertz CT molecular complexity index is 295. The van der Waals surface area contributed by atoms with Gasteiger partial charge in [-0.15, -0.1) is 0 Å². The highest BCUT2D eigenvalue weighted by Gasteiger charge is 2.29. The molecule has 0 aromatic heterocycles. The molecule has 0 radical (unpaired) electrons. The minimum atomic E-state index is -0.235. The Hall–Kier alpha value is -0.690. The van der Waals surface area contributed by atoms with Crippen LogP contribution in [0.2, 0.25) is 0 Å². The lowest BCUT2D eigenvalue weighted by Gasteiger charge is -2.32. The molecular formula is C13H25N3O3. The van der Waals surface area contributed by atoms with E-state index in [2.05, 4.69) is 15.5 Å². The van der Waals surface area contributed by atoms with E-state index < -0.39 is 0 Å². The van der Waals surface area contributed by atoms with Gasteiger partial charge in [0, 0.05) is 32.2 Å². The second kappa shape index (κ2) is 7.19. The molecule has 2 saturated heterocycles. The molecule has 2 aliphatic heterocycles. The summed E-state index contributed by atoms with van der Waals surface area (Å²) in [5, 5.41) is 6.27. The van der Waals surface area contributed by atoms with E-state index in [0.717, 1.165) is 39.4 Å². The fraction of sp³-hybridized carbons (Fsp3) is 0.923. The van der Waals surface area contributed by atoms with E-state index in [1.165, 1.54) is 0 Å². The van der Waals surface area contributed by atoms with Crippen LogP contribution in [0.5, 0.6) is 0 Å². The lowest BCUT2D eigenvalue weighted by molar-refractivity contribution is -0.129. The highest BCUT2D eigenvalue weighted by atomic mass is 16.5. The largest absolute Gasteiger partial charge is 0.379 e. The van der Waals surface area contributed by atoms with Crippen molar-refractivity contribution in [1.82, 2.24) is 15.5 Å². The Morgan fingerprint density at radius 1 is 1.42 bits per heavy atom. The van der Waals surface area contributed by atoms with Gasteiger partial charge in [-0.3, -0.25) is 9.69 Å². The third kappa shape index (κ3) is 4.42. The summed E-state index contributed by atoms with van der Waals surface area (Å²) < 4.78 is 10.8. The number of hydrogen-bond donors (Lipinski definition) is 2. The Morgan fingerprint density at radius 3 is 2.84 bits per heavy atom. The zero-order chi connectivity index (χ0) is 13.7. The second-order valence-electron chi connectivity index (χ2n) is 5.33. The summed E-state index contributed by atoms with van der Waals surface area (Å²) in [7, 11) is 0. The normalized spacial score (nSPS) is 30.8. The summed E-state index contributed by atoms with van der Waals surface area (Å²) in [6.07, 6.45) is -0.0654. The molecule has 2 fully saturated rings. The van der Waals surface area contributed by atoms with Crippen LogP contribution in [0.3, 0.4) is 0 Å². The minimum Gasteiger partial charge on any atom is -0.379 e. The maximum absolute atomic E-state index is 12.2. The summed E-state index contributed by atoms with van der Waals surface area (Å²) >= 11 is 0. The van der Waals surface area contributed by atoms with E-state index in [0.29, 0.717) is 6.61 Å². The molecule has 0 aliphatic carbocycles. The summed E-state index contributed by atoms with van der Waals surface area (Å²) in [5.41, 5.74) is 0. The standard InChI is InChI=1S/C13H25N3O3/c1-10(9-16-4-7-18-8-5-16)15-13(17)12-11(2)19-6-3-14-12/h10-12,14H,3-9H2,1-2H3,(H,15,17)/t10?,11-,12+/m1/s1. The summed E-state index contributed by atoms with van der Waals surface area (Å²) in [6.45, 7) is 9.73. The smallest absolute Gasteiger partial charge is 0.240 e. The average Bonchev–Trinajstić information content (AvgIpc) is 2.40. The first-order chi connectivity index (χ1) is 9.16. The van der Waals surface area contributed by atoms with Gasteiger partial charge in [-0.25, -0.2) is 0 Å². The highest BCUT2D eigenvalue weighted by molar-refractivity contribution is 5.82. The van der Waals surface area contributed by atoms with Crippen LogP contribution < -0.4 is 10.6 Å². The van der Waals surface area contributed by atoms with Gasteiger partial charge >= 0.3 is 0 Å². The highest BCUT2D eigenvalue weighted by Crippen LogP contribution is 2.05. The van der Waals surface area contributed by atoms with Crippen molar-refractivity contribution >= 4 is 5.91 Å². The topological polar surface area (TPSA) is 62.8 Å². The van der Waals surface area contributed by atoms with Crippen LogP contribution in [0, 0.1) is 0 Å². The maximum atomic E-state index is 12.2. The van der Waals surface area contributed by atoms with Gasteiger partial charge in [0.2, 0.25) is 5.91 Å². The van der Waals surface area contributed by atoms with E-state index in [-0.39, 0.29) is 24.1 Å². The molecule has 2 heterocycles. The van der Waals surface area contributed by atoms with Gasteiger partial charge in [0.1, 0.15) is 6.04 Å². The van der Waals surface area contributed by atoms with Crippen LogP contribution in [-0.2, 0) is 14.3 Å². The van der Waals surface area contributed by atoms with Crippen molar-refractivity contribution in [3.05, 3.63) is 0 Å². The van der Waals surface area contributed by atoms with Crippen molar-refractivity contribution in [3.8, 4) is 0 Å². The van der Waals surface area contributed by atoms with Gasteiger partial charge in [0.15, 0.2) is 0 Å². The van der Waals surface area contributed by atoms with E-state index in [1.807, 2.05) is 13.8 Å². The Labute approximate surface area is 114 Å². The molecule has 19 heavy (non-hydrogen) atoms. The molecule has 2 aliphatic rings. The number of morpholine rings is 2. The average molecular weight is 271 g/mol. The molecule has 0 saturated carbocycles. The molecule has 110 valence electrons. The fourth-order valence-corrected chi connectivity index (χ4v) is 2.58. The van der Waals surface area contributed by atoms with Gasteiger partial charge in [-0.1, -0.05) is 0 Å². The quantitative estimate of drug-likeness (QED) is 0.701. The van der Waals surface area contributed by atoms with Crippen LogP contribution in [0.15, 0.2) is 0 Å². The van der Waals surface area contributed by atoms with Crippen molar-refractivity contribution in [2.24, 2.45) is 0 Å². The fourth-order valence-electron chi connectivity index (χ4n) is 2.58. The van der Waals surface area contributed by atoms with Crippen LogP contribution in [-0.4, -0.2) is 75.0 Å². The molecule has 2 N–H and O–H groups in total. The molecule has 1 unspecified atom stereocenters. The summed E-state index contributed by atoms with van der Waals surface area (Å²) in [5.74, 6) is 0.0351. The number of nitrogens with zero attached hydrogens (tertiary/aromatic N) is 1. The molecular weight excluding hydrogens is 246 g/mol. The van der Waals surface area contributed by atoms with Crippen LogP contribution >= 0.6 is 0 Å². The van der Waals surface area contributed by atoms with Crippen molar-refractivity contribution in [3.63, 3.8) is 0 Å². The summed E-state index contributed by atoms with van der Waals surface area (Å²) in [4.78, 5) is 14.5. The first kappa shape index (κ1) is 14.7. The zero-order valence-electron chi connectivity index (χ0n) is 11.9. The van der Waals surface area contributed by atoms with Gasteiger partial charge in [-0.05, 0) is 13.8 Å². The molecule has 0 spiro atoms. The first-order valence-electron chi connectivity index (χ1n) is 7.12. The predicted octanol–water partition coefficient (Wildman–Crippen LogP) is -0.800. The van der Waals surface area contributed by atoms with Crippen LogP contribution in [0.25, 0.3) is 0 Å². The number of carbonyl (C=O) groups excluding carboxylic acids is 1. The lowest BCUT2D eigenvalue weighted by Crippen LogP contribution is -2.58. The van der Waals surface area contributed by atoms with E-state index in [1.54, 1.807) is 0 Å². The van der Waals surface area contributed by atoms with Crippen molar-refractivity contribution < 1.29 is 14.3 Å². The van der Waals surface area contributed by atoms with Gasteiger partial charge in [-0.2, -0.15) is 0 Å². The third-order valence-corrected chi connectivity index (χ3v) is 3.62.